The molecule has 0 heterocycles. The third-order valence-electron chi connectivity index (χ3n) is 2.42. The highest BCUT2D eigenvalue weighted by atomic mass is 14.9. The van der Waals surface area contributed by atoms with Gasteiger partial charge in [0.1, 0.15) is 0 Å². The molecule has 3 N–H and O–H groups in total. The van der Waals surface area contributed by atoms with E-state index in [1.165, 1.54) is 22.4 Å². The number of hydrogen-bond donors (Lipinski definition) is 2. The van der Waals surface area contributed by atoms with Crippen molar-refractivity contribution < 1.29 is 0 Å². The largest absolute Gasteiger partial charge is 0.381 e. The van der Waals surface area contributed by atoms with Crippen LogP contribution in [0.1, 0.15) is 23.6 Å². The quantitative estimate of drug-likeness (QED) is 0.771. The highest BCUT2D eigenvalue weighted by Gasteiger charge is 2.05. The molecule has 1 unspecified atom stereocenters. The van der Waals surface area contributed by atoms with Gasteiger partial charge in [-0.1, -0.05) is 17.7 Å². The Kier molecular flexibility index (Phi) is 3.53. The Hall–Kier alpha value is -1.02. The summed E-state index contributed by atoms with van der Waals surface area (Å²) >= 11 is 0. The van der Waals surface area contributed by atoms with E-state index in [0.29, 0.717) is 12.6 Å². The standard InChI is InChI=1S/C12H20N2/c1-8-5-9(2)12(10(3)6-8)14-11(4)7-13/h5-6,11,14H,7,13H2,1-4H3. The first-order valence-electron chi connectivity index (χ1n) is 5.09. The van der Waals surface area contributed by atoms with Crippen LogP contribution >= 0.6 is 0 Å². The number of benzene rings is 1. The van der Waals surface area contributed by atoms with Gasteiger partial charge in [0.25, 0.3) is 0 Å². The summed E-state index contributed by atoms with van der Waals surface area (Å²) in [5, 5.41) is 3.43. The van der Waals surface area contributed by atoms with Gasteiger partial charge in [-0.15, -0.1) is 0 Å². The number of nitrogens with two attached hydrogens (primary N) is 1. The molecule has 1 aromatic rings. The van der Waals surface area contributed by atoms with Crippen LogP contribution in [0.3, 0.4) is 0 Å². The van der Waals surface area contributed by atoms with Crippen LogP contribution in [0.15, 0.2) is 12.1 Å². The van der Waals surface area contributed by atoms with E-state index in [9.17, 15) is 0 Å². The first kappa shape index (κ1) is 11.1. The number of rotatable bonds is 3. The van der Waals surface area contributed by atoms with Crippen LogP contribution in [0, 0.1) is 20.8 Å². The van der Waals surface area contributed by atoms with Crippen molar-refractivity contribution in [2.45, 2.75) is 33.7 Å². The van der Waals surface area contributed by atoms with E-state index in [0.717, 1.165) is 0 Å². The molecule has 0 fully saturated rings. The fraction of sp³-hybridized carbons (Fsp3) is 0.500. The molecular formula is C12H20N2. The molecule has 0 saturated heterocycles. The molecule has 1 rings (SSSR count). The molecule has 0 amide bonds. The lowest BCUT2D eigenvalue weighted by Gasteiger charge is -2.18. The molecular weight excluding hydrogens is 172 g/mol. The predicted molar refractivity (Wildman–Crippen MR) is 62.8 cm³/mol. The first-order valence-corrected chi connectivity index (χ1v) is 5.09. The highest BCUT2D eigenvalue weighted by molar-refractivity contribution is 5.58. The molecule has 0 aliphatic heterocycles. The van der Waals surface area contributed by atoms with Crippen molar-refractivity contribution in [1.29, 1.82) is 0 Å². The average Bonchev–Trinajstić information content (AvgIpc) is 2.10. The van der Waals surface area contributed by atoms with Gasteiger partial charge in [-0.3, -0.25) is 0 Å². The van der Waals surface area contributed by atoms with Crippen LogP contribution in [0.2, 0.25) is 0 Å². The molecule has 0 aromatic heterocycles. The van der Waals surface area contributed by atoms with E-state index in [-0.39, 0.29) is 0 Å². The summed E-state index contributed by atoms with van der Waals surface area (Å²) in [6.07, 6.45) is 0. The van der Waals surface area contributed by atoms with Gasteiger partial charge in [-0.05, 0) is 38.8 Å². The maximum absolute atomic E-state index is 5.59. The predicted octanol–water partition coefficient (Wildman–Crippen LogP) is 2.37. The van der Waals surface area contributed by atoms with Crippen molar-refractivity contribution in [2.24, 2.45) is 5.73 Å². The lowest BCUT2D eigenvalue weighted by atomic mass is 10.0. The summed E-state index contributed by atoms with van der Waals surface area (Å²) < 4.78 is 0. The Morgan fingerprint density at radius 2 is 1.71 bits per heavy atom. The van der Waals surface area contributed by atoms with Gasteiger partial charge in [0.05, 0.1) is 0 Å². The molecule has 0 bridgehead atoms. The van der Waals surface area contributed by atoms with Crippen LogP contribution in [0.25, 0.3) is 0 Å². The molecule has 2 nitrogen and oxygen atoms in total. The maximum atomic E-state index is 5.59. The monoisotopic (exact) mass is 192 g/mol. The lowest BCUT2D eigenvalue weighted by Crippen LogP contribution is -2.26. The molecule has 0 spiro atoms. The molecule has 2 heteroatoms. The van der Waals surface area contributed by atoms with Gasteiger partial charge < -0.3 is 11.1 Å². The Morgan fingerprint density at radius 3 is 2.14 bits per heavy atom. The second-order valence-corrected chi connectivity index (χ2v) is 4.05. The zero-order valence-corrected chi connectivity index (χ0v) is 9.52. The minimum Gasteiger partial charge on any atom is -0.381 e. The molecule has 14 heavy (non-hydrogen) atoms. The summed E-state index contributed by atoms with van der Waals surface area (Å²) in [6, 6.07) is 4.71. The smallest absolute Gasteiger partial charge is 0.0402 e. The van der Waals surface area contributed by atoms with Gasteiger partial charge in [-0.25, -0.2) is 0 Å². The van der Waals surface area contributed by atoms with Crippen molar-refractivity contribution in [1.82, 2.24) is 0 Å². The van der Waals surface area contributed by atoms with Crippen LogP contribution in [0.4, 0.5) is 5.69 Å². The van der Waals surface area contributed by atoms with E-state index in [2.05, 4.69) is 45.1 Å². The normalized spacial score (nSPS) is 12.6. The molecule has 78 valence electrons. The zero-order valence-electron chi connectivity index (χ0n) is 9.52. The van der Waals surface area contributed by atoms with Crippen molar-refractivity contribution in [3.05, 3.63) is 28.8 Å². The number of aryl methyl sites for hydroxylation is 3. The topological polar surface area (TPSA) is 38.0 Å². The minimum atomic E-state index is 0.329. The second-order valence-electron chi connectivity index (χ2n) is 4.05. The Bertz CT molecular complexity index is 295. The summed E-state index contributed by atoms with van der Waals surface area (Å²) in [6.45, 7) is 9.14. The van der Waals surface area contributed by atoms with Crippen molar-refractivity contribution in [2.75, 3.05) is 11.9 Å². The van der Waals surface area contributed by atoms with Gasteiger partial charge in [-0.2, -0.15) is 0 Å². The van der Waals surface area contributed by atoms with Crippen molar-refractivity contribution in [3.63, 3.8) is 0 Å². The molecule has 0 saturated carbocycles. The highest BCUT2D eigenvalue weighted by Crippen LogP contribution is 2.22. The van der Waals surface area contributed by atoms with E-state index in [1.54, 1.807) is 0 Å². The summed E-state index contributed by atoms with van der Waals surface area (Å²) in [5.74, 6) is 0. The third-order valence-corrected chi connectivity index (χ3v) is 2.42. The van der Waals surface area contributed by atoms with Gasteiger partial charge in [0, 0.05) is 18.3 Å². The summed E-state index contributed by atoms with van der Waals surface area (Å²) in [4.78, 5) is 0. The minimum absolute atomic E-state index is 0.329. The van der Waals surface area contributed by atoms with Crippen LogP contribution < -0.4 is 11.1 Å². The Labute approximate surface area is 86.5 Å². The zero-order chi connectivity index (χ0) is 10.7. The molecule has 0 radical (unpaired) electrons. The van der Waals surface area contributed by atoms with Crippen LogP contribution in [0.5, 0.6) is 0 Å². The van der Waals surface area contributed by atoms with E-state index >= 15 is 0 Å². The second kappa shape index (κ2) is 4.47. The Morgan fingerprint density at radius 1 is 1.21 bits per heavy atom. The molecule has 0 aliphatic rings. The summed E-state index contributed by atoms with van der Waals surface area (Å²) in [5.41, 5.74) is 10.7. The SMILES string of the molecule is Cc1cc(C)c(NC(C)CN)c(C)c1. The van der Waals surface area contributed by atoms with Gasteiger partial charge in [0.15, 0.2) is 0 Å². The summed E-state index contributed by atoms with van der Waals surface area (Å²) in [7, 11) is 0. The molecule has 1 atom stereocenters. The van der Waals surface area contributed by atoms with Gasteiger partial charge in [0.2, 0.25) is 0 Å². The lowest BCUT2D eigenvalue weighted by molar-refractivity contribution is 0.801. The van der Waals surface area contributed by atoms with Crippen LogP contribution in [-0.4, -0.2) is 12.6 Å². The van der Waals surface area contributed by atoms with E-state index in [4.69, 9.17) is 5.73 Å². The third kappa shape index (κ3) is 2.48. The first-order chi connectivity index (χ1) is 6.54. The maximum Gasteiger partial charge on any atom is 0.0402 e. The van der Waals surface area contributed by atoms with E-state index in [1.807, 2.05) is 0 Å². The molecule has 1 aromatic carbocycles. The Balaban J connectivity index is 2.96. The fourth-order valence-corrected chi connectivity index (χ4v) is 1.71. The number of anilines is 1. The fourth-order valence-electron chi connectivity index (χ4n) is 1.71. The van der Waals surface area contributed by atoms with Gasteiger partial charge >= 0.3 is 0 Å². The number of nitrogens with one attached hydrogen (secondary N) is 1. The average molecular weight is 192 g/mol. The van der Waals surface area contributed by atoms with Crippen molar-refractivity contribution >= 4 is 5.69 Å². The van der Waals surface area contributed by atoms with Crippen molar-refractivity contribution in [3.8, 4) is 0 Å². The van der Waals surface area contributed by atoms with E-state index < -0.39 is 0 Å². The van der Waals surface area contributed by atoms with Crippen LogP contribution in [-0.2, 0) is 0 Å². The number of hydrogen-bond acceptors (Lipinski definition) is 2. The molecule has 0 aliphatic carbocycles.